The lowest BCUT2D eigenvalue weighted by Crippen LogP contribution is -2.43. The Morgan fingerprint density at radius 1 is 1.17 bits per heavy atom. The Hall–Kier alpha value is -0.580. The highest BCUT2D eigenvalue weighted by atomic mass is 32.2. The minimum atomic E-state index is -3.32. The number of carboxylic acids is 1. The number of rotatable bonds is 4. The first-order chi connectivity index (χ1) is 8.17. The monoisotopic (exact) mass is 276 g/mol. The molecule has 1 N–H and O–H groups in total. The minimum Gasteiger partial charge on any atom is -0.481 e. The molecule has 5 heteroatoms. The maximum atomic E-state index is 12.2. The molecule has 1 rings (SSSR count). The molecule has 18 heavy (non-hydrogen) atoms. The fourth-order valence-electron chi connectivity index (χ4n) is 2.78. The molecule has 3 unspecified atom stereocenters. The number of carboxylic acid groups (broad SMARTS) is 1. The maximum Gasteiger partial charge on any atom is 0.307 e. The third kappa shape index (κ3) is 3.05. The van der Waals surface area contributed by atoms with E-state index >= 15 is 0 Å². The lowest BCUT2D eigenvalue weighted by atomic mass is 9.76. The van der Waals surface area contributed by atoms with Crippen LogP contribution in [-0.4, -0.2) is 30.0 Å². The van der Waals surface area contributed by atoms with Crippen molar-refractivity contribution < 1.29 is 18.3 Å². The fraction of sp³-hybridized carbons (Fsp3) is 0.923. The van der Waals surface area contributed by atoms with E-state index in [9.17, 15) is 18.3 Å². The summed E-state index contributed by atoms with van der Waals surface area (Å²) in [5, 5.41) is 8.09. The molecular formula is C13H24O4S. The summed E-state index contributed by atoms with van der Waals surface area (Å²) >= 11 is 0. The van der Waals surface area contributed by atoms with Crippen molar-refractivity contribution in [3.05, 3.63) is 0 Å². The van der Waals surface area contributed by atoms with Crippen molar-refractivity contribution in [3.8, 4) is 0 Å². The SMILES string of the molecule is CC(C)C1CCC(S(=O)(=O)C(C)C)C(C(=O)O)C1. The summed E-state index contributed by atoms with van der Waals surface area (Å²) in [6.07, 6.45) is 1.79. The molecule has 1 fully saturated rings. The van der Waals surface area contributed by atoms with E-state index < -0.39 is 32.2 Å². The molecule has 4 nitrogen and oxygen atoms in total. The van der Waals surface area contributed by atoms with E-state index in [2.05, 4.69) is 13.8 Å². The molecule has 1 aliphatic carbocycles. The highest BCUT2D eigenvalue weighted by Gasteiger charge is 2.43. The first-order valence-electron chi connectivity index (χ1n) is 6.63. The lowest BCUT2D eigenvalue weighted by Gasteiger charge is -2.36. The zero-order valence-electron chi connectivity index (χ0n) is 11.6. The molecule has 0 heterocycles. The van der Waals surface area contributed by atoms with Gasteiger partial charge in [0, 0.05) is 0 Å². The van der Waals surface area contributed by atoms with Gasteiger partial charge in [0.25, 0.3) is 0 Å². The summed E-state index contributed by atoms with van der Waals surface area (Å²) < 4.78 is 24.4. The molecule has 0 aromatic rings. The standard InChI is InChI=1S/C13H24O4S/c1-8(2)10-5-6-12(11(7-10)13(14)15)18(16,17)9(3)4/h8-12H,5-7H2,1-4H3,(H,14,15). The number of sulfone groups is 1. The third-order valence-corrected chi connectivity index (χ3v) is 6.89. The van der Waals surface area contributed by atoms with Crippen molar-refractivity contribution in [2.24, 2.45) is 17.8 Å². The van der Waals surface area contributed by atoms with Crippen LogP contribution in [0.2, 0.25) is 0 Å². The van der Waals surface area contributed by atoms with Crippen LogP contribution in [0.3, 0.4) is 0 Å². The normalized spacial score (nSPS) is 29.8. The van der Waals surface area contributed by atoms with Gasteiger partial charge in [0.2, 0.25) is 0 Å². The Morgan fingerprint density at radius 3 is 2.11 bits per heavy atom. The fourth-order valence-corrected chi connectivity index (χ4v) is 4.63. The highest BCUT2D eigenvalue weighted by Crippen LogP contribution is 2.38. The summed E-state index contributed by atoms with van der Waals surface area (Å²) in [5.41, 5.74) is 0. The molecule has 0 saturated heterocycles. The van der Waals surface area contributed by atoms with Crippen LogP contribution in [-0.2, 0) is 14.6 Å². The van der Waals surface area contributed by atoms with Crippen LogP contribution in [0.4, 0.5) is 0 Å². The molecule has 106 valence electrons. The van der Waals surface area contributed by atoms with Gasteiger partial charge in [-0.05, 0) is 44.9 Å². The number of aliphatic carboxylic acids is 1. The molecule has 0 aliphatic heterocycles. The van der Waals surface area contributed by atoms with Crippen LogP contribution in [0.5, 0.6) is 0 Å². The average molecular weight is 276 g/mol. The van der Waals surface area contributed by atoms with Crippen LogP contribution < -0.4 is 0 Å². The molecular weight excluding hydrogens is 252 g/mol. The van der Waals surface area contributed by atoms with Gasteiger partial charge in [-0.25, -0.2) is 8.42 Å². The molecule has 0 radical (unpaired) electrons. The van der Waals surface area contributed by atoms with Crippen LogP contribution in [0, 0.1) is 17.8 Å². The van der Waals surface area contributed by atoms with E-state index in [0.29, 0.717) is 24.7 Å². The van der Waals surface area contributed by atoms with Gasteiger partial charge in [-0.2, -0.15) is 0 Å². The van der Waals surface area contributed by atoms with Crippen molar-refractivity contribution in [3.63, 3.8) is 0 Å². The van der Waals surface area contributed by atoms with Gasteiger partial charge in [0.05, 0.1) is 16.4 Å². The van der Waals surface area contributed by atoms with E-state index in [1.165, 1.54) is 0 Å². The van der Waals surface area contributed by atoms with Crippen molar-refractivity contribution in [1.29, 1.82) is 0 Å². The summed E-state index contributed by atoms with van der Waals surface area (Å²) in [6.45, 7) is 7.40. The predicted molar refractivity (Wildman–Crippen MR) is 71.1 cm³/mol. The van der Waals surface area contributed by atoms with Crippen molar-refractivity contribution in [2.75, 3.05) is 0 Å². The van der Waals surface area contributed by atoms with Crippen LogP contribution in [0.15, 0.2) is 0 Å². The Morgan fingerprint density at radius 2 is 1.72 bits per heavy atom. The van der Waals surface area contributed by atoms with E-state index in [4.69, 9.17) is 0 Å². The molecule has 0 spiro atoms. The van der Waals surface area contributed by atoms with Gasteiger partial charge >= 0.3 is 5.97 Å². The summed E-state index contributed by atoms with van der Waals surface area (Å²) in [7, 11) is -3.32. The molecule has 3 atom stereocenters. The Balaban J connectivity index is 2.98. The van der Waals surface area contributed by atoms with Gasteiger partial charge in [-0.1, -0.05) is 13.8 Å². The third-order valence-electron chi connectivity index (χ3n) is 4.17. The second-order valence-corrected chi connectivity index (χ2v) is 8.66. The Bertz CT molecular complexity index is 397. The van der Waals surface area contributed by atoms with Crippen LogP contribution in [0.25, 0.3) is 0 Å². The second-order valence-electron chi connectivity index (χ2n) is 5.94. The van der Waals surface area contributed by atoms with Crippen molar-refractivity contribution in [2.45, 2.75) is 57.5 Å². The zero-order valence-corrected chi connectivity index (χ0v) is 12.4. The Kier molecular flexibility index (Phi) is 4.81. The highest BCUT2D eigenvalue weighted by molar-refractivity contribution is 7.92. The van der Waals surface area contributed by atoms with E-state index in [-0.39, 0.29) is 0 Å². The van der Waals surface area contributed by atoms with E-state index in [1.807, 2.05) is 0 Å². The summed E-state index contributed by atoms with van der Waals surface area (Å²) in [5.74, 6) is -0.965. The minimum absolute atomic E-state index is 0.324. The predicted octanol–water partition coefficient (Wildman–Crippen LogP) is 2.34. The summed E-state index contributed by atoms with van der Waals surface area (Å²) in [6, 6.07) is 0. The van der Waals surface area contributed by atoms with Gasteiger partial charge in [-0.3, -0.25) is 4.79 Å². The lowest BCUT2D eigenvalue weighted by molar-refractivity contribution is -0.143. The number of carbonyl (C=O) groups is 1. The van der Waals surface area contributed by atoms with Crippen LogP contribution >= 0.6 is 0 Å². The quantitative estimate of drug-likeness (QED) is 0.855. The maximum absolute atomic E-state index is 12.2. The van der Waals surface area contributed by atoms with Crippen molar-refractivity contribution in [1.82, 2.24) is 0 Å². The van der Waals surface area contributed by atoms with Gasteiger partial charge < -0.3 is 5.11 Å². The van der Waals surface area contributed by atoms with E-state index in [0.717, 1.165) is 6.42 Å². The second kappa shape index (κ2) is 5.59. The largest absolute Gasteiger partial charge is 0.481 e. The first-order valence-corrected chi connectivity index (χ1v) is 8.24. The smallest absolute Gasteiger partial charge is 0.307 e. The first kappa shape index (κ1) is 15.5. The van der Waals surface area contributed by atoms with Gasteiger partial charge in [0.1, 0.15) is 0 Å². The number of hydrogen-bond acceptors (Lipinski definition) is 3. The molecule has 0 aromatic heterocycles. The number of hydrogen-bond donors (Lipinski definition) is 1. The topological polar surface area (TPSA) is 71.4 Å². The molecule has 1 saturated carbocycles. The summed E-state index contributed by atoms with van der Waals surface area (Å²) in [4.78, 5) is 11.3. The Labute approximate surface area is 110 Å². The van der Waals surface area contributed by atoms with Gasteiger partial charge in [-0.15, -0.1) is 0 Å². The molecule has 0 amide bonds. The molecule has 1 aliphatic rings. The van der Waals surface area contributed by atoms with Gasteiger partial charge in [0.15, 0.2) is 9.84 Å². The zero-order chi connectivity index (χ0) is 14.1. The van der Waals surface area contributed by atoms with E-state index in [1.54, 1.807) is 13.8 Å². The molecule has 0 bridgehead atoms. The molecule has 0 aromatic carbocycles. The van der Waals surface area contributed by atoms with Crippen molar-refractivity contribution >= 4 is 15.8 Å². The average Bonchev–Trinajstić information content (AvgIpc) is 2.27. The van der Waals surface area contributed by atoms with Crippen LogP contribution in [0.1, 0.15) is 47.0 Å².